The summed E-state index contributed by atoms with van der Waals surface area (Å²) in [6, 6.07) is 10.0. The van der Waals surface area contributed by atoms with E-state index in [1.54, 1.807) is 39.0 Å². The molecule has 1 aromatic heterocycles. The third-order valence-electron chi connectivity index (χ3n) is 7.21. The number of carbonyl (C=O) groups excluding carboxylic acids is 5. The van der Waals surface area contributed by atoms with Crippen LogP contribution in [0.25, 0.3) is 10.9 Å². The number of rotatable bonds is 6. The zero-order valence-corrected chi connectivity index (χ0v) is 23.5. The molecule has 0 spiro atoms. The number of piperidine rings is 1. The minimum absolute atomic E-state index is 0.181. The van der Waals surface area contributed by atoms with Gasteiger partial charge in [0.1, 0.15) is 17.3 Å². The van der Waals surface area contributed by atoms with Crippen molar-refractivity contribution in [3.05, 3.63) is 64.3 Å². The third-order valence-corrected chi connectivity index (χ3v) is 7.21. The fourth-order valence-corrected chi connectivity index (χ4v) is 5.37. The zero-order chi connectivity index (χ0) is 29.5. The van der Waals surface area contributed by atoms with E-state index in [9.17, 15) is 24.0 Å². The number of alkyl carbamates (subject to hydrolysis) is 1. The van der Waals surface area contributed by atoms with Crippen LogP contribution in [-0.4, -0.2) is 51.2 Å². The lowest BCUT2D eigenvalue weighted by atomic mass is 10.0. The second-order valence-electron chi connectivity index (χ2n) is 11.3. The van der Waals surface area contributed by atoms with Crippen LogP contribution in [0.5, 0.6) is 0 Å². The van der Waals surface area contributed by atoms with E-state index in [2.05, 4.69) is 20.9 Å². The fourth-order valence-electron chi connectivity index (χ4n) is 5.37. The Kier molecular flexibility index (Phi) is 7.29. The molecule has 0 radical (unpaired) electrons. The van der Waals surface area contributed by atoms with Crippen LogP contribution in [0.2, 0.25) is 0 Å². The van der Waals surface area contributed by atoms with Crippen molar-refractivity contribution in [3.63, 3.8) is 0 Å². The van der Waals surface area contributed by atoms with E-state index in [1.807, 2.05) is 25.1 Å². The number of anilines is 1. The van der Waals surface area contributed by atoms with E-state index < -0.39 is 23.6 Å². The van der Waals surface area contributed by atoms with Crippen molar-refractivity contribution < 1.29 is 28.7 Å². The van der Waals surface area contributed by atoms with Crippen molar-refractivity contribution in [3.8, 4) is 0 Å². The summed E-state index contributed by atoms with van der Waals surface area (Å²) < 4.78 is 5.33. The molecule has 2 aliphatic heterocycles. The van der Waals surface area contributed by atoms with Gasteiger partial charge in [0.05, 0.1) is 5.52 Å². The smallest absolute Gasteiger partial charge is 0.407 e. The second kappa shape index (κ2) is 10.7. The average molecular weight is 560 g/mol. The molecule has 11 nitrogen and oxygen atoms in total. The molecule has 1 unspecified atom stereocenters. The number of amides is 5. The van der Waals surface area contributed by atoms with Crippen LogP contribution >= 0.6 is 0 Å². The largest absolute Gasteiger partial charge is 0.444 e. The van der Waals surface area contributed by atoms with Crippen molar-refractivity contribution in [2.45, 2.75) is 71.7 Å². The Bertz CT molecular complexity index is 1580. The normalized spacial score (nSPS) is 16.9. The van der Waals surface area contributed by atoms with Crippen molar-refractivity contribution >= 4 is 46.3 Å². The Hall–Kier alpha value is -4.67. The van der Waals surface area contributed by atoms with Crippen molar-refractivity contribution in [1.29, 1.82) is 0 Å². The summed E-state index contributed by atoms with van der Waals surface area (Å²) in [4.78, 5) is 67.2. The first-order valence-corrected chi connectivity index (χ1v) is 13.6. The maximum atomic E-state index is 13.5. The van der Waals surface area contributed by atoms with E-state index in [0.29, 0.717) is 28.9 Å². The lowest BCUT2D eigenvalue weighted by molar-refractivity contribution is -0.136. The van der Waals surface area contributed by atoms with Crippen molar-refractivity contribution in [2.24, 2.45) is 0 Å². The van der Waals surface area contributed by atoms with Crippen LogP contribution in [0.1, 0.15) is 78.1 Å². The number of benzene rings is 2. The van der Waals surface area contributed by atoms with E-state index in [0.717, 1.165) is 22.0 Å². The molecular formula is C30H33N5O6. The Morgan fingerprint density at radius 3 is 2.61 bits per heavy atom. The maximum absolute atomic E-state index is 13.5. The molecule has 2 aromatic carbocycles. The highest BCUT2D eigenvalue weighted by molar-refractivity contribution is 6.09. The minimum Gasteiger partial charge on any atom is -0.444 e. The van der Waals surface area contributed by atoms with Gasteiger partial charge in [-0.1, -0.05) is 25.1 Å². The SMILES string of the molecule is CCc1c(C(=O)Nc2ccc3c(c2)CN(C2CCC(=O)NC2=O)C3=O)[nH]c2c(CNC(=O)OC(C)(C)C)cccc12. The highest BCUT2D eigenvalue weighted by atomic mass is 16.6. The third kappa shape index (κ3) is 5.65. The van der Waals surface area contributed by atoms with Gasteiger partial charge in [0.25, 0.3) is 11.8 Å². The van der Waals surface area contributed by atoms with Gasteiger partial charge in [0.2, 0.25) is 11.8 Å². The van der Waals surface area contributed by atoms with Crippen LogP contribution in [-0.2, 0) is 33.8 Å². The summed E-state index contributed by atoms with van der Waals surface area (Å²) in [5.41, 5.74) is 3.88. The molecule has 2 aliphatic rings. The number of aryl methyl sites for hydroxylation is 1. The highest BCUT2D eigenvalue weighted by Crippen LogP contribution is 2.31. The standard InChI is InChI=1S/C30H33N5O6/c1-5-19-21-8-6-7-16(14-31-29(40)41-30(2,3)4)24(21)34-25(19)27(38)32-18-9-10-20-17(13-18)15-35(28(20)39)22-11-12-23(36)33-26(22)37/h6-10,13,22,34H,5,11-12,14-15H2,1-4H3,(H,31,40)(H,32,38)(H,33,36,37). The number of aromatic nitrogens is 1. The van der Waals surface area contributed by atoms with Gasteiger partial charge >= 0.3 is 6.09 Å². The highest BCUT2D eigenvalue weighted by Gasteiger charge is 2.39. The number of ether oxygens (including phenoxy) is 1. The van der Waals surface area contributed by atoms with Gasteiger partial charge in [-0.15, -0.1) is 0 Å². The predicted octanol–water partition coefficient (Wildman–Crippen LogP) is 3.77. The van der Waals surface area contributed by atoms with Crippen LogP contribution in [0, 0.1) is 0 Å². The number of aromatic amines is 1. The molecule has 0 saturated carbocycles. The Labute approximate surface area is 237 Å². The number of carbonyl (C=O) groups is 5. The molecule has 3 aromatic rings. The Morgan fingerprint density at radius 2 is 1.90 bits per heavy atom. The molecule has 1 atom stereocenters. The van der Waals surface area contributed by atoms with E-state index in [-0.39, 0.29) is 43.7 Å². The van der Waals surface area contributed by atoms with Gasteiger partial charge < -0.3 is 25.3 Å². The Morgan fingerprint density at radius 1 is 1.12 bits per heavy atom. The molecule has 5 rings (SSSR count). The van der Waals surface area contributed by atoms with Gasteiger partial charge in [-0.3, -0.25) is 24.5 Å². The summed E-state index contributed by atoms with van der Waals surface area (Å²) in [5.74, 6) is -1.42. The second-order valence-corrected chi connectivity index (χ2v) is 11.3. The topological polar surface area (TPSA) is 150 Å². The van der Waals surface area contributed by atoms with Gasteiger partial charge in [0, 0.05) is 36.1 Å². The molecule has 1 saturated heterocycles. The van der Waals surface area contributed by atoms with Gasteiger partial charge in [-0.2, -0.15) is 0 Å². The van der Waals surface area contributed by atoms with Gasteiger partial charge in [0.15, 0.2) is 0 Å². The Balaban J connectivity index is 1.34. The lowest BCUT2D eigenvalue weighted by Crippen LogP contribution is -2.52. The molecule has 214 valence electrons. The van der Waals surface area contributed by atoms with Crippen molar-refractivity contribution in [2.75, 3.05) is 5.32 Å². The number of nitrogens with zero attached hydrogens (tertiary/aromatic N) is 1. The molecule has 5 amide bonds. The quantitative estimate of drug-likeness (QED) is 0.338. The lowest BCUT2D eigenvalue weighted by Gasteiger charge is -2.29. The summed E-state index contributed by atoms with van der Waals surface area (Å²) in [5, 5.41) is 8.88. The first-order chi connectivity index (χ1) is 19.4. The van der Waals surface area contributed by atoms with Crippen LogP contribution in [0.15, 0.2) is 36.4 Å². The van der Waals surface area contributed by atoms with Crippen LogP contribution < -0.4 is 16.0 Å². The molecule has 3 heterocycles. The van der Waals surface area contributed by atoms with E-state index in [4.69, 9.17) is 4.74 Å². The predicted molar refractivity (Wildman–Crippen MR) is 151 cm³/mol. The minimum atomic E-state index is -0.705. The summed E-state index contributed by atoms with van der Waals surface area (Å²) in [6.07, 6.45) is 0.538. The molecule has 11 heteroatoms. The molecule has 4 N–H and O–H groups in total. The number of hydrogen-bond donors (Lipinski definition) is 4. The monoisotopic (exact) mass is 559 g/mol. The molecule has 0 bridgehead atoms. The maximum Gasteiger partial charge on any atom is 0.407 e. The van der Waals surface area contributed by atoms with Crippen LogP contribution in [0.3, 0.4) is 0 Å². The number of hydrogen-bond acceptors (Lipinski definition) is 6. The number of fused-ring (bicyclic) bond motifs is 2. The molecule has 0 aliphatic carbocycles. The van der Waals surface area contributed by atoms with Crippen molar-refractivity contribution in [1.82, 2.24) is 20.5 Å². The van der Waals surface area contributed by atoms with E-state index in [1.165, 1.54) is 4.90 Å². The van der Waals surface area contributed by atoms with Gasteiger partial charge in [-0.05, 0) is 68.5 Å². The fraction of sp³-hybridized carbons (Fsp3) is 0.367. The van der Waals surface area contributed by atoms with Gasteiger partial charge in [-0.25, -0.2) is 4.79 Å². The summed E-state index contributed by atoms with van der Waals surface area (Å²) in [6.45, 7) is 7.79. The van der Waals surface area contributed by atoms with E-state index >= 15 is 0 Å². The van der Waals surface area contributed by atoms with Crippen LogP contribution in [0.4, 0.5) is 10.5 Å². The molecular weight excluding hydrogens is 526 g/mol. The summed E-state index contributed by atoms with van der Waals surface area (Å²) in [7, 11) is 0. The zero-order valence-electron chi connectivity index (χ0n) is 23.5. The molecule has 41 heavy (non-hydrogen) atoms. The first kappa shape index (κ1) is 27.9. The first-order valence-electron chi connectivity index (χ1n) is 13.6. The number of para-hydroxylation sites is 1. The average Bonchev–Trinajstić information content (AvgIpc) is 3.44. The summed E-state index contributed by atoms with van der Waals surface area (Å²) >= 11 is 0. The molecule has 1 fully saturated rings. The number of imide groups is 1. The number of nitrogens with one attached hydrogen (secondary N) is 4. The number of H-pyrrole nitrogens is 1.